The summed E-state index contributed by atoms with van der Waals surface area (Å²) >= 11 is 3.41. The molecule has 0 fully saturated rings. The molecule has 0 radical (unpaired) electrons. The van der Waals surface area contributed by atoms with Crippen molar-refractivity contribution in [3.63, 3.8) is 0 Å². The van der Waals surface area contributed by atoms with Crippen LogP contribution in [0.5, 0.6) is 0 Å². The Kier molecular flexibility index (Phi) is 2.37. The minimum Gasteiger partial charge on any atom is -0.236 e. The maximum Gasteiger partial charge on any atom is 0.153 e. The van der Waals surface area contributed by atoms with Crippen molar-refractivity contribution in [2.45, 2.75) is 13.8 Å². The third-order valence-electron chi connectivity index (χ3n) is 1.98. The Bertz CT molecular complexity index is 462. The molecular weight excluding hydrogens is 242 g/mol. The highest BCUT2D eigenvalue weighted by molar-refractivity contribution is 9.10. The van der Waals surface area contributed by atoms with Gasteiger partial charge in [0, 0.05) is 16.9 Å². The highest BCUT2D eigenvalue weighted by atomic mass is 79.9. The predicted molar refractivity (Wildman–Crippen MR) is 58.5 cm³/mol. The zero-order valence-electron chi connectivity index (χ0n) is 8.03. The molecule has 0 atom stereocenters. The van der Waals surface area contributed by atoms with E-state index in [1.807, 2.05) is 32.3 Å². The number of nitrogens with zero attached hydrogens (tertiary/aromatic N) is 3. The second kappa shape index (κ2) is 3.53. The highest BCUT2D eigenvalue weighted by Gasteiger charge is 2.01. The van der Waals surface area contributed by atoms with E-state index in [0.717, 1.165) is 21.4 Å². The van der Waals surface area contributed by atoms with Gasteiger partial charge < -0.3 is 0 Å². The molecule has 2 aromatic rings. The molecule has 2 rings (SSSR count). The first-order valence-electron chi connectivity index (χ1n) is 4.30. The number of hydrogen-bond acceptors (Lipinski definition) is 2. The van der Waals surface area contributed by atoms with Crippen molar-refractivity contribution in [2.75, 3.05) is 0 Å². The molecule has 14 heavy (non-hydrogen) atoms. The smallest absolute Gasteiger partial charge is 0.153 e. The van der Waals surface area contributed by atoms with E-state index in [1.54, 1.807) is 10.9 Å². The zero-order chi connectivity index (χ0) is 10.1. The van der Waals surface area contributed by atoms with Crippen LogP contribution in [0.15, 0.2) is 29.1 Å². The van der Waals surface area contributed by atoms with Crippen LogP contribution in [0.1, 0.15) is 11.1 Å². The minimum absolute atomic E-state index is 0.846. The van der Waals surface area contributed by atoms with Crippen molar-refractivity contribution in [1.29, 1.82) is 0 Å². The number of aromatic nitrogens is 3. The van der Waals surface area contributed by atoms with E-state index in [2.05, 4.69) is 26.0 Å². The summed E-state index contributed by atoms with van der Waals surface area (Å²) in [6.07, 6.45) is 5.57. The maximum absolute atomic E-state index is 4.28. The van der Waals surface area contributed by atoms with Gasteiger partial charge >= 0.3 is 0 Å². The van der Waals surface area contributed by atoms with Gasteiger partial charge in [0.05, 0.1) is 6.20 Å². The van der Waals surface area contributed by atoms with Crippen LogP contribution in [0.3, 0.4) is 0 Å². The number of halogens is 1. The van der Waals surface area contributed by atoms with E-state index < -0.39 is 0 Å². The molecule has 0 unspecified atom stereocenters. The van der Waals surface area contributed by atoms with Gasteiger partial charge in [0.2, 0.25) is 0 Å². The summed E-state index contributed by atoms with van der Waals surface area (Å²) in [5, 5.41) is 4.20. The topological polar surface area (TPSA) is 30.7 Å². The molecule has 0 aliphatic rings. The fraction of sp³-hybridized carbons (Fsp3) is 0.200. The Labute approximate surface area is 90.9 Å². The lowest BCUT2D eigenvalue weighted by molar-refractivity contribution is 0.843. The molecule has 72 valence electrons. The average molecular weight is 252 g/mol. The quantitative estimate of drug-likeness (QED) is 0.781. The van der Waals surface area contributed by atoms with Crippen molar-refractivity contribution in [3.8, 4) is 5.82 Å². The second-order valence-electron chi connectivity index (χ2n) is 3.25. The highest BCUT2D eigenvalue weighted by Crippen LogP contribution is 2.16. The van der Waals surface area contributed by atoms with Crippen LogP contribution in [0.25, 0.3) is 5.82 Å². The Morgan fingerprint density at radius 1 is 1.29 bits per heavy atom. The van der Waals surface area contributed by atoms with Crippen molar-refractivity contribution in [2.24, 2.45) is 0 Å². The number of pyridine rings is 1. The van der Waals surface area contributed by atoms with Gasteiger partial charge in [-0.15, -0.1) is 0 Å². The number of rotatable bonds is 1. The van der Waals surface area contributed by atoms with Crippen molar-refractivity contribution < 1.29 is 0 Å². The summed E-state index contributed by atoms with van der Waals surface area (Å²) < 4.78 is 2.79. The van der Waals surface area contributed by atoms with Crippen molar-refractivity contribution in [3.05, 3.63) is 40.3 Å². The molecule has 0 aliphatic heterocycles. The molecule has 0 aromatic carbocycles. The Morgan fingerprint density at radius 3 is 2.64 bits per heavy atom. The van der Waals surface area contributed by atoms with Gasteiger partial charge in [-0.05, 0) is 47.0 Å². The van der Waals surface area contributed by atoms with Gasteiger partial charge in [-0.25, -0.2) is 9.67 Å². The third-order valence-corrected chi connectivity index (χ3v) is 2.81. The lowest BCUT2D eigenvalue weighted by Crippen LogP contribution is -1.98. The van der Waals surface area contributed by atoms with Gasteiger partial charge in [-0.1, -0.05) is 0 Å². The first kappa shape index (κ1) is 9.40. The Morgan fingerprint density at radius 2 is 2.07 bits per heavy atom. The summed E-state index contributed by atoms with van der Waals surface area (Å²) in [5.74, 6) is 0.846. The Hall–Kier alpha value is -1.16. The van der Waals surface area contributed by atoms with E-state index in [9.17, 15) is 0 Å². The maximum atomic E-state index is 4.28. The SMILES string of the molecule is Cc1cnn(-c2cc(C)c(Br)cn2)c1. The summed E-state index contributed by atoms with van der Waals surface area (Å²) in [5.41, 5.74) is 2.29. The van der Waals surface area contributed by atoms with Crippen LogP contribution in [0.2, 0.25) is 0 Å². The van der Waals surface area contributed by atoms with Gasteiger partial charge in [-0.3, -0.25) is 0 Å². The van der Waals surface area contributed by atoms with E-state index >= 15 is 0 Å². The Balaban J connectivity index is 2.47. The molecule has 3 nitrogen and oxygen atoms in total. The molecule has 0 N–H and O–H groups in total. The fourth-order valence-corrected chi connectivity index (χ4v) is 1.40. The second-order valence-corrected chi connectivity index (χ2v) is 4.11. The molecule has 2 aromatic heterocycles. The van der Waals surface area contributed by atoms with Gasteiger partial charge in [-0.2, -0.15) is 5.10 Å². The van der Waals surface area contributed by atoms with Crippen LogP contribution in [0, 0.1) is 13.8 Å². The zero-order valence-corrected chi connectivity index (χ0v) is 9.62. The van der Waals surface area contributed by atoms with Crippen molar-refractivity contribution in [1.82, 2.24) is 14.8 Å². The summed E-state index contributed by atoms with van der Waals surface area (Å²) in [6, 6.07) is 2.00. The normalized spacial score (nSPS) is 10.5. The van der Waals surface area contributed by atoms with Crippen LogP contribution < -0.4 is 0 Å². The molecular formula is C10H10BrN3. The molecule has 0 amide bonds. The fourth-order valence-electron chi connectivity index (χ4n) is 1.19. The standard InChI is InChI=1S/C10H10BrN3/c1-7-4-13-14(6-7)10-3-8(2)9(11)5-12-10/h3-6H,1-2H3. The molecule has 0 spiro atoms. The largest absolute Gasteiger partial charge is 0.236 e. The monoisotopic (exact) mass is 251 g/mol. The predicted octanol–water partition coefficient (Wildman–Crippen LogP) is 2.65. The van der Waals surface area contributed by atoms with E-state index in [4.69, 9.17) is 0 Å². The van der Waals surface area contributed by atoms with Crippen LogP contribution in [0.4, 0.5) is 0 Å². The van der Waals surface area contributed by atoms with Crippen molar-refractivity contribution >= 4 is 15.9 Å². The lowest BCUT2D eigenvalue weighted by Gasteiger charge is -2.02. The first-order chi connectivity index (χ1) is 6.66. The molecule has 4 heteroatoms. The molecule has 0 saturated heterocycles. The van der Waals surface area contributed by atoms with Crippen LogP contribution in [-0.4, -0.2) is 14.8 Å². The van der Waals surface area contributed by atoms with Gasteiger partial charge in [0.15, 0.2) is 5.82 Å². The van der Waals surface area contributed by atoms with Crippen LogP contribution >= 0.6 is 15.9 Å². The van der Waals surface area contributed by atoms with Gasteiger partial charge in [0.1, 0.15) is 0 Å². The molecule has 2 heterocycles. The number of hydrogen-bond donors (Lipinski definition) is 0. The van der Waals surface area contributed by atoms with E-state index in [-0.39, 0.29) is 0 Å². The summed E-state index contributed by atoms with van der Waals surface area (Å²) in [6.45, 7) is 4.04. The molecule has 0 bridgehead atoms. The minimum atomic E-state index is 0.846. The lowest BCUT2D eigenvalue weighted by atomic mass is 10.3. The van der Waals surface area contributed by atoms with Crippen LogP contribution in [-0.2, 0) is 0 Å². The summed E-state index contributed by atoms with van der Waals surface area (Å²) in [7, 11) is 0. The molecule has 0 saturated carbocycles. The van der Waals surface area contributed by atoms with Gasteiger partial charge in [0.25, 0.3) is 0 Å². The average Bonchev–Trinajstić information content (AvgIpc) is 2.57. The van der Waals surface area contributed by atoms with E-state index in [1.165, 1.54) is 0 Å². The van der Waals surface area contributed by atoms with E-state index in [0.29, 0.717) is 0 Å². The first-order valence-corrected chi connectivity index (χ1v) is 5.10. The number of aryl methyl sites for hydroxylation is 2. The summed E-state index contributed by atoms with van der Waals surface area (Å²) in [4.78, 5) is 4.28. The molecule has 0 aliphatic carbocycles. The third kappa shape index (κ3) is 1.70.